The molecule has 0 radical (unpaired) electrons. The minimum atomic E-state index is -0.0112. The summed E-state index contributed by atoms with van der Waals surface area (Å²) in [5, 5.41) is 2.96. The van der Waals surface area contributed by atoms with E-state index in [9.17, 15) is 4.79 Å². The van der Waals surface area contributed by atoms with E-state index in [1.165, 1.54) is 0 Å². The number of hydrogen-bond donors (Lipinski definition) is 1. The molecule has 1 aromatic rings. The second kappa shape index (κ2) is 5.87. The lowest BCUT2D eigenvalue weighted by atomic mass is 10.1. The minimum Gasteiger partial charge on any atom is -0.384 e. The highest BCUT2D eigenvalue weighted by Gasteiger charge is 2.26. The maximum atomic E-state index is 12.1. The van der Waals surface area contributed by atoms with Crippen molar-refractivity contribution in [3.8, 4) is 0 Å². The van der Waals surface area contributed by atoms with Crippen LogP contribution in [-0.4, -0.2) is 37.7 Å². The van der Waals surface area contributed by atoms with Crippen LogP contribution in [0.4, 0.5) is 10.5 Å². The zero-order valence-corrected chi connectivity index (χ0v) is 11.0. The number of carbonyl (C=O) groups excluding carboxylic acids is 1. The summed E-state index contributed by atoms with van der Waals surface area (Å²) in [5.41, 5.74) is 1.97. The summed E-state index contributed by atoms with van der Waals surface area (Å²) in [4.78, 5) is 13.9. The highest BCUT2D eigenvalue weighted by atomic mass is 16.5. The van der Waals surface area contributed by atoms with Crippen LogP contribution in [0.2, 0.25) is 0 Å². The smallest absolute Gasteiger partial charge is 0.321 e. The number of benzene rings is 1. The van der Waals surface area contributed by atoms with Gasteiger partial charge in [-0.05, 0) is 25.0 Å². The minimum absolute atomic E-state index is 0.0112. The van der Waals surface area contributed by atoms with Crippen LogP contribution >= 0.6 is 0 Å². The van der Waals surface area contributed by atoms with Gasteiger partial charge in [-0.15, -0.1) is 0 Å². The molecule has 2 amide bonds. The first-order chi connectivity index (χ1) is 8.70. The van der Waals surface area contributed by atoms with Gasteiger partial charge in [-0.25, -0.2) is 4.79 Å². The Bertz CT molecular complexity index is 420. The Labute approximate surface area is 108 Å². The van der Waals surface area contributed by atoms with Crippen LogP contribution in [0.3, 0.4) is 0 Å². The predicted molar refractivity (Wildman–Crippen MR) is 71.8 cm³/mol. The van der Waals surface area contributed by atoms with Crippen LogP contribution in [0, 0.1) is 12.8 Å². The van der Waals surface area contributed by atoms with E-state index in [4.69, 9.17) is 4.74 Å². The van der Waals surface area contributed by atoms with Crippen molar-refractivity contribution in [3.05, 3.63) is 29.8 Å². The SMILES string of the molecule is COC[C@H]1CCN(C(=O)Nc2ccccc2C)C1. The predicted octanol–water partition coefficient (Wildman–Crippen LogP) is 2.50. The first kappa shape index (κ1) is 12.9. The third-order valence-electron chi connectivity index (χ3n) is 3.36. The van der Waals surface area contributed by atoms with E-state index in [-0.39, 0.29) is 6.03 Å². The Morgan fingerprint density at radius 3 is 3.00 bits per heavy atom. The molecule has 1 aromatic carbocycles. The Morgan fingerprint density at radius 1 is 1.50 bits per heavy atom. The van der Waals surface area contributed by atoms with Crippen molar-refractivity contribution in [1.82, 2.24) is 4.90 Å². The molecule has 1 atom stereocenters. The van der Waals surface area contributed by atoms with E-state index in [2.05, 4.69) is 5.32 Å². The van der Waals surface area contributed by atoms with Crippen molar-refractivity contribution in [2.75, 3.05) is 32.1 Å². The summed E-state index contributed by atoms with van der Waals surface area (Å²) in [6, 6.07) is 7.81. The molecule has 0 aromatic heterocycles. The maximum absolute atomic E-state index is 12.1. The van der Waals surface area contributed by atoms with E-state index < -0.39 is 0 Å². The molecule has 1 fully saturated rings. The van der Waals surface area contributed by atoms with Gasteiger partial charge in [0.2, 0.25) is 0 Å². The number of likely N-dealkylation sites (tertiary alicyclic amines) is 1. The number of carbonyl (C=O) groups is 1. The molecule has 1 aliphatic heterocycles. The van der Waals surface area contributed by atoms with Crippen molar-refractivity contribution in [3.63, 3.8) is 0 Å². The first-order valence-electron chi connectivity index (χ1n) is 6.31. The van der Waals surface area contributed by atoms with Crippen molar-refractivity contribution >= 4 is 11.7 Å². The van der Waals surface area contributed by atoms with Crippen LogP contribution in [0.1, 0.15) is 12.0 Å². The van der Waals surface area contributed by atoms with Crippen LogP contribution in [-0.2, 0) is 4.74 Å². The van der Waals surface area contributed by atoms with E-state index in [1.807, 2.05) is 36.1 Å². The highest BCUT2D eigenvalue weighted by Crippen LogP contribution is 2.19. The fourth-order valence-electron chi connectivity index (χ4n) is 2.30. The van der Waals surface area contributed by atoms with Crippen LogP contribution in [0.15, 0.2) is 24.3 Å². The fourth-order valence-corrected chi connectivity index (χ4v) is 2.30. The molecule has 4 heteroatoms. The monoisotopic (exact) mass is 248 g/mol. The second-order valence-corrected chi connectivity index (χ2v) is 4.80. The first-order valence-corrected chi connectivity index (χ1v) is 6.31. The summed E-state index contributed by atoms with van der Waals surface area (Å²) in [5.74, 6) is 0.470. The van der Waals surface area contributed by atoms with Crippen molar-refractivity contribution in [1.29, 1.82) is 0 Å². The van der Waals surface area contributed by atoms with Gasteiger partial charge in [0.1, 0.15) is 0 Å². The van der Waals surface area contributed by atoms with Gasteiger partial charge in [-0.3, -0.25) is 0 Å². The average molecular weight is 248 g/mol. The topological polar surface area (TPSA) is 41.6 Å². The zero-order chi connectivity index (χ0) is 13.0. The zero-order valence-electron chi connectivity index (χ0n) is 11.0. The van der Waals surface area contributed by atoms with Crippen molar-refractivity contribution in [2.45, 2.75) is 13.3 Å². The van der Waals surface area contributed by atoms with Gasteiger partial charge in [0.15, 0.2) is 0 Å². The number of nitrogens with one attached hydrogen (secondary N) is 1. The van der Waals surface area contributed by atoms with E-state index in [0.29, 0.717) is 5.92 Å². The number of rotatable bonds is 3. The second-order valence-electron chi connectivity index (χ2n) is 4.80. The molecule has 18 heavy (non-hydrogen) atoms. The number of methoxy groups -OCH3 is 1. The molecule has 4 nitrogen and oxygen atoms in total. The van der Waals surface area contributed by atoms with Gasteiger partial charge in [0.05, 0.1) is 6.61 Å². The van der Waals surface area contributed by atoms with Crippen LogP contribution < -0.4 is 5.32 Å². The third kappa shape index (κ3) is 3.01. The van der Waals surface area contributed by atoms with Gasteiger partial charge in [0, 0.05) is 31.8 Å². The fraction of sp³-hybridized carbons (Fsp3) is 0.500. The molecule has 1 aliphatic rings. The number of aryl methyl sites for hydroxylation is 1. The lowest BCUT2D eigenvalue weighted by Gasteiger charge is -2.18. The molecule has 98 valence electrons. The number of amides is 2. The number of hydrogen-bond acceptors (Lipinski definition) is 2. The Balaban J connectivity index is 1.91. The van der Waals surface area contributed by atoms with E-state index >= 15 is 0 Å². The van der Waals surface area contributed by atoms with Crippen LogP contribution in [0.25, 0.3) is 0 Å². The Morgan fingerprint density at radius 2 is 2.28 bits per heavy atom. The van der Waals surface area contributed by atoms with Crippen molar-refractivity contribution < 1.29 is 9.53 Å². The Kier molecular flexibility index (Phi) is 4.20. The summed E-state index contributed by atoms with van der Waals surface area (Å²) < 4.78 is 5.13. The molecule has 0 unspecified atom stereocenters. The van der Waals surface area contributed by atoms with E-state index in [1.54, 1.807) is 7.11 Å². The number of nitrogens with zero attached hydrogens (tertiary/aromatic N) is 1. The summed E-state index contributed by atoms with van der Waals surface area (Å²) in [6.07, 6.45) is 1.02. The third-order valence-corrected chi connectivity index (χ3v) is 3.36. The molecular weight excluding hydrogens is 228 g/mol. The molecule has 0 saturated carbocycles. The largest absolute Gasteiger partial charge is 0.384 e. The standard InChI is InChI=1S/C14H20N2O2/c1-11-5-3-4-6-13(11)15-14(17)16-8-7-12(9-16)10-18-2/h3-6,12H,7-10H2,1-2H3,(H,15,17)/t12-/m0/s1. The molecule has 2 rings (SSSR count). The van der Waals surface area contributed by atoms with Gasteiger partial charge in [-0.2, -0.15) is 0 Å². The lowest BCUT2D eigenvalue weighted by molar-refractivity contribution is 0.154. The lowest BCUT2D eigenvalue weighted by Crippen LogP contribution is -2.33. The quantitative estimate of drug-likeness (QED) is 0.893. The molecule has 1 N–H and O–H groups in total. The molecule has 0 bridgehead atoms. The van der Waals surface area contributed by atoms with Gasteiger partial charge in [0.25, 0.3) is 0 Å². The number of ether oxygens (including phenoxy) is 1. The molecule has 0 aliphatic carbocycles. The summed E-state index contributed by atoms with van der Waals surface area (Å²) in [7, 11) is 1.70. The van der Waals surface area contributed by atoms with E-state index in [0.717, 1.165) is 37.4 Å². The average Bonchev–Trinajstić information content (AvgIpc) is 2.81. The maximum Gasteiger partial charge on any atom is 0.321 e. The molecule has 1 heterocycles. The van der Waals surface area contributed by atoms with Gasteiger partial charge >= 0.3 is 6.03 Å². The molecular formula is C14H20N2O2. The normalized spacial score (nSPS) is 19.0. The molecule has 0 spiro atoms. The van der Waals surface area contributed by atoms with Crippen molar-refractivity contribution in [2.24, 2.45) is 5.92 Å². The Hall–Kier alpha value is -1.55. The van der Waals surface area contributed by atoms with Gasteiger partial charge in [-0.1, -0.05) is 18.2 Å². The van der Waals surface area contributed by atoms with Gasteiger partial charge < -0.3 is 15.0 Å². The number of para-hydroxylation sites is 1. The molecule has 1 saturated heterocycles. The summed E-state index contributed by atoms with van der Waals surface area (Å²) >= 11 is 0. The highest BCUT2D eigenvalue weighted by molar-refractivity contribution is 5.90. The van der Waals surface area contributed by atoms with Crippen LogP contribution in [0.5, 0.6) is 0 Å². The number of anilines is 1. The summed E-state index contributed by atoms with van der Waals surface area (Å²) in [6.45, 7) is 4.32. The number of urea groups is 1.